The third-order valence-corrected chi connectivity index (χ3v) is 3.94. The molecule has 0 aromatic heterocycles. The summed E-state index contributed by atoms with van der Waals surface area (Å²) < 4.78 is 20.6. The minimum atomic E-state index is -1.51. The summed E-state index contributed by atoms with van der Waals surface area (Å²) >= 11 is 0. The van der Waals surface area contributed by atoms with Crippen molar-refractivity contribution in [2.45, 2.75) is 57.8 Å². The highest BCUT2D eigenvalue weighted by Crippen LogP contribution is 2.42. The van der Waals surface area contributed by atoms with Crippen LogP contribution in [0, 0.1) is 5.92 Å². The maximum Gasteiger partial charge on any atom is 0.412 e. The van der Waals surface area contributed by atoms with Gasteiger partial charge in [-0.1, -0.05) is 0 Å². The molecule has 2 rings (SSSR count). The lowest BCUT2D eigenvalue weighted by atomic mass is 9.86. The maximum atomic E-state index is 15.3. The summed E-state index contributed by atoms with van der Waals surface area (Å²) in [5.41, 5.74) is -0.575. The molecule has 2 fully saturated rings. The van der Waals surface area contributed by atoms with Crippen LogP contribution in [0.1, 0.15) is 46.5 Å². The molecule has 0 bridgehead atoms. The van der Waals surface area contributed by atoms with Crippen molar-refractivity contribution in [3.05, 3.63) is 0 Å². The molecule has 19 heavy (non-hydrogen) atoms. The van der Waals surface area contributed by atoms with E-state index in [1.54, 1.807) is 0 Å². The molecule has 0 radical (unpaired) electrons. The van der Waals surface area contributed by atoms with E-state index in [4.69, 9.17) is 4.74 Å². The smallest absolute Gasteiger partial charge is 0.412 e. The molecule has 1 unspecified atom stereocenters. The second-order valence-electron chi connectivity index (χ2n) is 6.58. The highest BCUT2D eigenvalue weighted by molar-refractivity contribution is 5.69. The first-order chi connectivity index (χ1) is 8.83. The Hall–Kier alpha value is -0.840. The third-order valence-electron chi connectivity index (χ3n) is 3.94. The minimum Gasteiger partial charge on any atom is -0.444 e. The van der Waals surface area contributed by atoms with E-state index in [1.165, 1.54) is 4.90 Å². The van der Waals surface area contributed by atoms with Crippen LogP contribution in [0.3, 0.4) is 0 Å². The van der Waals surface area contributed by atoms with Gasteiger partial charge in [-0.2, -0.15) is 0 Å². The molecule has 0 spiro atoms. The Kier molecular flexibility index (Phi) is 4.04. The number of halogens is 1. The first-order valence-electron chi connectivity index (χ1n) is 7.23. The highest BCUT2D eigenvalue weighted by atomic mass is 19.1. The van der Waals surface area contributed by atoms with E-state index in [1.807, 2.05) is 20.8 Å². The van der Waals surface area contributed by atoms with Gasteiger partial charge in [0.25, 0.3) is 0 Å². The van der Waals surface area contributed by atoms with Crippen LogP contribution in [0.15, 0.2) is 0 Å². The molecule has 1 atom stereocenters. The molecule has 0 aliphatic carbocycles. The van der Waals surface area contributed by atoms with Gasteiger partial charge < -0.3 is 10.1 Å². The van der Waals surface area contributed by atoms with Crippen molar-refractivity contribution < 1.29 is 13.9 Å². The zero-order chi connectivity index (χ0) is 14.1. The Morgan fingerprint density at radius 3 is 2.58 bits per heavy atom. The van der Waals surface area contributed by atoms with E-state index in [2.05, 4.69) is 5.32 Å². The fraction of sp³-hybridized carbons (Fsp3) is 0.929. The van der Waals surface area contributed by atoms with Gasteiger partial charge in [0.05, 0.1) is 0 Å². The largest absolute Gasteiger partial charge is 0.444 e. The van der Waals surface area contributed by atoms with Crippen LogP contribution in [0.4, 0.5) is 9.18 Å². The average Bonchev–Trinajstić information content (AvgIpc) is 2.72. The quantitative estimate of drug-likeness (QED) is 0.746. The monoisotopic (exact) mass is 272 g/mol. The Bertz CT molecular complexity index is 337. The zero-order valence-electron chi connectivity index (χ0n) is 12.2. The third kappa shape index (κ3) is 3.19. The molecule has 1 amide bonds. The van der Waals surface area contributed by atoms with Crippen molar-refractivity contribution in [1.82, 2.24) is 10.2 Å². The number of hydrogen-bond acceptors (Lipinski definition) is 3. The van der Waals surface area contributed by atoms with Crippen molar-refractivity contribution in [2.75, 3.05) is 19.6 Å². The molecule has 110 valence electrons. The normalized spacial score (nSPS) is 29.6. The van der Waals surface area contributed by atoms with E-state index >= 15 is 4.39 Å². The van der Waals surface area contributed by atoms with Crippen LogP contribution in [-0.4, -0.2) is 42.0 Å². The molecule has 1 N–H and O–H groups in total. The number of amides is 1. The molecule has 2 saturated heterocycles. The summed E-state index contributed by atoms with van der Waals surface area (Å²) in [5.74, 6) is -1.58. The molecule has 5 heteroatoms. The van der Waals surface area contributed by atoms with E-state index in [0.29, 0.717) is 13.0 Å². The first kappa shape index (κ1) is 14.6. The second kappa shape index (κ2) is 5.27. The van der Waals surface area contributed by atoms with E-state index in [9.17, 15) is 4.79 Å². The Labute approximate surface area is 114 Å². The number of hydrogen-bond donors (Lipinski definition) is 1. The Balaban J connectivity index is 2.08. The lowest BCUT2D eigenvalue weighted by Gasteiger charge is -2.40. The summed E-state index contributed by atoms with van der Waals surface area (Å²) in [7, 11) is 0. The van der Waals surface area contributed by atoms with Crippen molar-refractivity contribution in [3.63, 3.8) is 0 Å². The lowest BCUT2D eigenvalue weighted by Crippen LogP contribution is -2.52. The number of carbonyl (C=O) groups excluding carboxylic acids is 1. The number of nitrogens with one attached hydrogen (secondary N) is 1. The van der Waals surface area contributed by atoms with Crippen LogP contribution in [0.2, 0.25) is 0 Å². The predicted molar refractivity (Wildman–Crippen MR) is 71.6 cm³/mol. The van der Waals surface area contributed by atoms with Crippen LogP contribution in [0.25, 0.3) is 0 Å². The predicted octanol–water partition coefficient (Wildman–Crippen LogP) is 2.68. The summed E-state index contributed by atoms with van der Waals surface area (Å²) in [4.78, 5) is 13.5. The average molecular weight is 272 g/mol. The lowest BCUT2D eigenvalue weighted by molar-refractivity contribution is -0.0702. The number of piperidine rings is 1. The molecular weight excluding hydrogens is 247 g/mol. The topological polar surface area (TPSA) is 41.6 Å². The fourth-order valence-corrected chi connectivity index (χ4v) is 3.05. The van der Waals surface area contributed by atoms with Gasteiger partial charge in [-0.05, 0) is 53.1 Å². The maximum absolute atomic E-state index is 15.3. The number of ether oxygens (including phenoxy) is 1. The van der Waals surface area contributed by atoms with Crippen molar-refractivity contribution in [2.24, 2.45) is 5.92 Å². The standard InChI is InChI=1S/C14H25FN2O2/c1-13(2,3)19-12(18)17-10-4-7-14(17,15)11-5-8-16-9-6-11/h11,16H,4-10H2,1-3H3. The first-order valence-corrected chi connectivity index (χ1v) is 7.23. The number of rotatable bonds is 1. The number of alkyl halides is 1. The van der Waals surface area contributed by atoms with Gasteiger partial charge in [-0.15, -0.1) is 0 Å². The number of likely N-dealkylation sites (tertiary alicyclic amines) is 1. The number of nitrogens with zero attached hydrogens (tertiary/aromatic N) is 1. The molecule has 0 aromatic carbocycles. The van der Waals surface area contributed by atoms with E-state index in [0.717, 1.165) is 32.4 Å². The van der Waals surface area contributed by atoms with Gasteiger partial charge in [-0.3, -0.25) is 4.90 Å². The summed E-state index contributed by atoms with van der Waals surface area (Å²) in [5, 5.41) is 3.24. The zero-order valence-corrected chi connectivity index (χ0v) is 12.2. The molecule has 0 aromatic rings. The van der Waals surface area contributed by atoms with Crippen molar-refractivity contribution >= 4 is 6.09 Å². The van der Waals surface area contributed by atoms with Gasteiger partial charge in [-0.25, -0.2) is 9.18 Å². The molecular formula is C14H25FN2O2. The van der Waals surface area contributed by atoms with Gasteiger partial charge >= 0.3 is 6.09 Å². The van der Waals surface area contributed by atoms with Gasteiger partial charge in [0.15, 0.2) is 5.79 Å². The Morgan fingerprint density at radius 1 is 1.37 bits per heavy atom. The van der Waals surface area contributed by atoms with Crippen LogP contribution >= 0.6 is 0 Å². The van der Waals surface area contributed by atoms with Crippen molar-refractivity contribution in [1.29, 1.82) is 0 Å². The van der Waals surface area contributed by atoms with Crippen LogP contribution in [0.5, 0.6) is 0 Å². The van der Waals surface area contributed by atoms with Crippen molar-refractivity contribution in [3.8, 4) is 0 Å². The van der Waals surface area contributed by atoms with Crippen LogP contribution in [-0.2, 0) is 4.74 Å². The second-order valence-corrected chi connectivity index (χ2v) is 6.58. The summed E-state index contributed by atoms with van der Waals surface area (Å²) in [6.07, 6.45) is 2.23. The Morgan fingerprint density at radius 2 is 2.00 bits per heavy atom. The van der Waals surface area contributed by atoms with Crippen LogP contribution < -0.4 is 5.32 Å². The molecule has 2 heterocycles. The minimum absolute atomic E-state index is 0.0660. The number of carbonyl (C=O) groups is 1. The molecule has 4 nitrogen and oxygen atoms in total. The highest BCUT2D eigenvalue weighted by Gasteiger charge is 2.51. The molecule has 0 saturated carbocycles. The van der Waals surface area contributed by atoms with E-state index < -0.39 is 17.5 Å². The fourth-order valence-electron chi connectivity index (χ4n) is 3.05. The SMILES string of the molecule is CC(C)(C)OC(=O)N1CCCC1(F)C1CCNCC1. The van der Waals surface area contributed by atoms with Gasteiger partial charge in [0.2, 0.25) is 0 Å². The van der Waals surface area contributed by atoms with Gasteiger partial charge in [0.1, 0.15) is 5.60 Å². The molecule has 2 aliphatic rings. The summed E-state index contributed by atoms with van der Waals surface area (Å²) in [6, 6.07) is 0. The van der Waals surface area contributed by atoms with Gasteiger partial charge in [0, 0.05) is 18.9 Å². The molecule has 2 aliphatic heterocycles. The summed E-state index contributed by atoms with van der Waals surface area (Å²) in [6.45, 7) is 7.56. The van der Waals surface area contributed by atoms with E-state index in [-0.39, 0.29) is 5.92 Å².